The van der Waals surface area contributed by atoms with Crippen LogP contribution in [-0.4, -0.2) is 29.7 Å². The van der Waals surface area contributed by atoms with Gasteiger partial charge in [-0.15, -0.1) is 0 Å². The molecule has 5 heteroatoms. The highest BCUT2D eigenvalue weighted by molar-refractivity contribution is 6.28. The maximum atomic E-state index is 5.66. The number of ether oxygens (including phenoxy) is 1. The lowest BCUT2D eigenvalue weighted by molar-refractivity contribution is 0.247. The van der Waals surface area contributed by atoms with Gasteiger partial charge in [-0.05, 0) is 49.9 Å². The Bertz CT molecular complexity index is 329. The lowest BCUT2D eigenvalue weighted by Gasteiger charge is -2.22. The van der Waals surface area contributed by atoms with Gasteiger partial charge in [0.05, 0.1) is 6.61 Å². The maximum Gasteiger partial charge on any atom is 0.225 e. The first-order valence-electron chi connectivity index (χ1n) is 5.66. The molecule has 0 saturated carbocycles. The number of rotatable bonds is 4. The van der Waals surface area contributed by atoms with Gasteiger partial charge in [-0.1, -0.05) is 0 Å². The van der Waals surface area contributed by atoms with Crippen LogP contribution in [0.5, 0.6) is 5.88 Å². The molecule has 88 valence electrons. The first-order chi connectivity index (χ1) is 7.84. The summed E-state index contributed by atoms with van der Waals surface area (Å²) in [6.07, 6.45) is 5.23. The van der Waals surface area contributed by atoms with Crippen LogP contribution in [0.15, 0.2) is 12.3 Å². The zero-order valence-electron chi connectivity index (χ0n) is 9.16. The summed E-state index contributed by atoms with van der Waals surface area (Å²) >= 11 is 5.66. The number of halogens is 1. The molecule has 0 aliphatic carbocycles. The third-order valence-electron chi connectivity index (χ3n) is 2.78. The Kier molecular flexibility index (Phi) is 4.36. The summed E-state index contributed by atoms with van der Waals surface area (Å²) in [5.41, 5.74) is 0. The van der Waals surface area contributed by atoms with Crippen molar-refractivity contribution in [1.29, 1.82) is 0 Å². The lowest BCUT2D eigenvalue weighted by atomic mass is 9.97. The van der Waals surface area contributed by atoms with Crippen molar-refractivity contribution in [1.82, 2.24) is 15.3 Å². The lowest BCUT2D eigenvalue weighted by Crippen LogP contribution is -2.30. The Morgan fingerprint density at radius 3 is 3.25 bits per heavy atom. The molecule has 0 bridgehead atoms. The molecule has 1 atom stereocenters. The van der Waals surface area contributed by atoms with Crippen LogP contribution in [-0.2, 0) is 0 Å². The van der Waals surface area contributed by atoms with Gasteiger partial charge < -0.3 is 10.1 Å². The maximum absolute atomic E-state index is 5.66. The third kappa shape index (κ3) is 3.61. The van der Waals surface area contributed by atoms with E-state index in [9.17, 15) is 0 Å². The molecule has 1 aliphatic heterocycles. The van der Waals surface area contributed by atoms with Crippen LogP contribution in [0, 0.1) is 5.92 Å². The van der Waals surface area contributed by atoms with E-state index in [0.717, 1.165) is 25.4 Å². The van der Waals surface area contributed by atoms with Gasteiger partial charge >= 0.3 is 0 Å². The molecule has 16 heavy (non-hydrogen) atoms. The van der Waals surface area contributed by atoms with E-state index in [1.807, 2.05) is 0 Å². The first kappa shape index (κ1) is 11.6. The molecular weight excluding hydrogens is 226 g/mol. The molecule has 0 aromatic carbocycles. The normalized spacial score (nSPS) is 20.7. The van der Waals surface area contributed by atoms with E-state index in [-0.39, 0.29) is 5.28 Å². The molecule has 1 fully saturated rings. The molecule has 2 rings (SSSR count). The highest BCUT2D eigenvalue weighted by Gasteiger charge is 2.12. The standard InChI is InChI=1S/C11H16ClN3O/c12-11-14-6-3-10(15-11)16-7-4-9-2-1-5-13-8-9/h3,6,9,13H,1-2,4-5,7-8H2/t9-/m0/s1. The molecule has 1 N–H and O–H groups in total. The quantitative estimate of drug-likeness (QED) is 0.818. The Labute approximate surface area is 100 Å². The van der Waals surface area contributed by atoms with Crippen molar-refractivity contribution in [2.75, 3.05) is 19.7 Å². The summed E-state index contributed by atoms with van der Waals surface area (Å²) < 4.78 is 5.53. The average molecular weight is 242 g/mol. The number of hydrogen-bond donors (Lipinski definition) is 1. The fraction of sp³-hybridized carbons (Fsp3) is 0.636. The molecule has 1 saturated heterocycles. The van der Waals surface area contributed by atoms with E-state index < -0.39 is 0 Å². The summed E-state index contributed by atoms with van der Waals surface area (Å²) in [6.45, 7) is 2.95. The van der Waals surface area contributed by atoms with Crippen LogP contribution in [0.1, 0.15) is 19.3 Å². The van der Waals surface area contributed by atoms with Crippen molar-refractivity contribution in [2.45, 2.75) is 19.3 Å². The Morgan fingerprint density at radius 1 is 1.56 bits per heavy atom. The van der Waals surface area contributed by atoms with Gasteiger partial charge in [-0.2, -0.15) is 4.98 Å². The molecule has 1 aromatic heterocycles. The molecule has 0 radical (unpaired) electrons. The summed E-state index contributed by atoms with van der Waals surface area (Å²) in [6, 6.07) is 1.73. The second-order valence-corrected chi connectivity index (χ2v) is 4.35. The highest BCUT2D eigenvalue weighted by Crippen LogP contribution is 2.15. The van der Waals surface area contributed by atoms with E-state index in [0.29, 0.717) is 12.5 Å². The topological polar surface area (TPSA) is 47.0 Å². The summed E-state index contributed by atoms with van der Waals surface area (Å²) in [5.74, 6) is 1.29. The molecule has 1 aliphatic rings. The first-order valence-corrected chi connectivity index (χ1v) is 6.04. The number of nitrogens with one attached hydrogen (secondary N) is 1. The molecule has 2 heterocycles. The van der Waals surface area contributed by atoms with Crippen molar-refractivity contribution >= 4 is 11.6 Å². The predicted molar refractivity (Wildman–Crippen MR) is 62.7 cm³/mol. The van der Waals surface area contributed by atoms with Gasteiger partial charge in [-0.25, -0.2) is 4.98 Å². The Balaban J connectivity index is 1.71. The van der Waals surface area contributed by atoms with Crippen LogP contribution in [0.3, 0.4) is 0 Å². The summed E-state index contributed by atoms with van der Waals surface area (Å²) in [4.78, 5) is 7.77. The van der Waals surface area contributed by atoms with Gasteiger partial charge in [0.15, 0.2) is 0 Å². The Morgan fingerprint density at radius 2 is 2.50 bits per heavy atom. The van der Waals surface area contributed by atoms with E-state index in [1.165, 1.54) is 12.8 Å². The van der Waals surface area contributed by atoms with Gasteiger partial charge in [-0.3, -0.25) is 0 Å². The molecule has 4 nitrogen and oxygen atoms in total. The van der Waals surface area contributed by atoms with Crippen molar-refractivity contribution in [3.8, 4) is 5.88 Å². The summed E-state index contributed by atoms with van der Waals surface area (Å²) in [7, 11) is 0. The fourth-order valence-electron chi connectivity index (χ4n) is 1.90. The third-order valence-corrected chi connectivity index (χ3v) is 2.96. The zero-order valence-corrected chi connectivity index (χ0v) is 9.91. The largest absolute Gasteiger partial charge is 0.478 e. The van der Waals surface area contributed by atoms with Crippen LogP contribution in [0.25, 0.3) is 0 Å². The smallest absolute Gasteiger partial charge is 0.225 e. The fourth-order valence-corrected chi connectivity index (χ4v) is 2.04. The van der Waals surface area contributed by atoms with E-state index in [4.69, 9.17) is 16.3 Å². The molecule has 0 spiro atoms. The van der Waals surface area contributed by atoms with Gasteiger partial charge in [0.1, 0.15) is 0 Å². The molecule has 0 amide bonds. The number of piperidine rings is 1. The number of aromatic nitrogens is 2. The number of hydrogen-bond acceptors (Lipinski definition) is 4. The number of nitrogens with zero attached hydrogens (tertiary/aromatic N) is 2. The monoisotopic (exact) mass is 241 g/mol. The molecular formula is C11H16ClN3O. The minimum absolute atomic E-state index is 0.233. The second-order valence-electron chi connectivity index (χ2n) is 4.01. The molecule has 1 aromatic rings. The molecule has 0 unspecified atom stereocenters. The average Bonchev–Trinajstić information content (AvgIpc) is 2.30. The van der Waals surface area contributed by atoms with Crippen LogP contribution in [0.4, 0.5) is 0 Å². The highest BCUT2D eigenvalue weighted by atomic mass is 35.5. The van der Waals surface area contributed by atoms with E-state index in [2.05, 4.69) is 15.3 Å². The van der Waals surface area contributed by atoms with Gasteiger partial charge in [0, 0.05) is 12.3 Å². The van der Waals surface area contributed by atoms with Crippen molar-refractivity contribution < 1.29 is 4.74 Å². The van der Waals surface area contributed by atoms with Crippen molar-refractivity contribution in [3.63, 3.8) is 0 Å². The minimum Gasteiger partial charge on any atom is -0.478 e. The second kappa shape index (κ2) is 6.01. The predicted octanol–water partition coefficient (Wildman–Crippen LogP) is 1.90. The van der Waals surface area contributed by atoms with Crippen LogP contribution >= 0.6 is 11.6 Å². The van der Waals surface area contributed by atoms with Crippen LogP contribution in [0.2, 0.25) is 5.28 Å². The van der Waals surface area contributed by atoms with Crippen molar-refractivity contribution in [3.05, 3.63) is 17.5 Å². The van der Waals surface area contributed by atoms with E-state index >= 15 is 0 Å². The van der Waals surface area contributed by atoms with Crippen LogP contribution < -0.4 is 10.1 Å². The summed E-state index contributed by atoms with van der Waals surface area (Å²) in [5, 5.41) is 3.62. The van der Waals surface area contributed by atoms with Crippen molar-refractivity contribution in [2.24, 2.45) is 5.92 Å². The van der Waals surface area contributed by atoms with E-state index in [1.54, 1.807) is 12.3 Å². The Hall–Kier alpha value is -0.870. The zero-order chi connectivity index (χ0) is 11.2. The SMILES string of the molecule is Clc1nccc(OCC[C@@H]2CCCNC2)n1. The minimum atomic E-state index is 0.233. The van der Waals surface area contributed by atoms with Gasteiger partial charge in [0.25, 0.3) is 0 Å². The van der Waals surface area contributed by atoms with Gasteiger partial charge in [0.2, 0.25) is 11.2 Å².